The predicted molar refractivity (Wildman–Crippen MR) is 68.7 cm³/mol. The quantitative estimate of drug-likeness (QED) is 0.797. The lowest BCUT2D eigenvalue weighted by atomic mass is 10.4. The average molecular weight is 300 g/mol. The Hall–Kier alpha value is -1.43. The van der Waals surface area contributed by atoms with Gasteiger partial charge in [0.05, 0.1) is 18.0 Å². The average Bonchev–Trinajstić information content (AvgIpc) is 2.62. The van der Waals surface area contributed by atoms with E-state index in [9.17, 15) is 4.79 Å². The largest absolute Gasteiger partial charge is 0.461 e. The van der Waals surface area contributed by atoms with Crippen LogP contribution in [-0.4, -0.2) is 26.9 Å². The van der Waals surface area contributed by atoms with Gasteiger partial charge in [-0.25, -0.2) is 9.78 Å². The summed E-state index contributed by atoms with van der Waals surface area (Å²) in [7, 11) is 0. The summed E-state index contributed by atoms with van der Waals surface area (Å²) < 4.78 is 6.69. The maximum Gasteiger partial charge on any atom is 0.358 e. The van der Waals surface area contributed by atoms with Crippen molar-refractivity contribution < 1.29 is 9.53 Å². The summed E-state index contributed by atoms with van der Waals surface area (Å²) in [6.07, 6.45) is 3.49. The van der Waals surface area contributed by atoms with Gasteiger partial charge in [-0.15, -0.1) is 17.0 Å². The molecule has 0 saturated heterocycles. The standard InChI is InChI=1S/C11H13N3O2.BrH/c1-4-16-11(15)9-6-14-5-7(2)12-8(3)10(14)13-9;/h5-6H,4H2,1-3H3;1H. The van der Waals surface area contributed by atoms with Crippen LogP contribution in [0.25, 0.3) is 5.65 Å². The molecule has 0 radical (unpaired) electrons. The molecule has 0 fully saturated rings. The first-order valence-corrected chi connectivity index (χ1v) is 5.12. The Morgan fingerprint density at radius 1 is 1.35 bits per heavy atom. The Bertz CT molecular complexity index is 551. The molecular weight excluding hydrogens is 286 g/mol. The van der Waals surface area contributed by atoms with E-state index >= 15 is 0 Å². The Morgan fingerprint density at radius 3 is 2.71 bits per heavy atom. The number of rotatable bonds is 2. The van der Waals surface area contributed by atoms with Crippen LogP contribution in [0.2, 0.25) is 0 Å². The van der Waals surface area contributed by atoms with E-state index in [1.807, 2.05) is 20.0 Å². The molecule has 0 aliphatic rings. The van der Waals surface area contributed by atoms with Crippen LogP contribution in [0.5, 0.6) is 0 Å². The normalized spacial score (nSPS) is 10.1. The SMILES string of the molecule is Br.CCOC(=O)c1cn2cc(C)nc(C)c2n1. The molecule has 0 atom stereocenters. The molecule has 17 heavy (non-hydrogen) atoms. The molecule has 2 aromatic heterocycles. The van der Waals surface area contributed by atoms with E-state index in [0.29, 0.717) is 17.9 Å². The van der Waals surface area contributed by atoms with Crippen molar-refractivity contribution in [2.45, 2.75) is 20.8 Å². The highest BCUT2D eigenvalue weighted by molar-refractivity contribution is 8.93. The van der Waals surface area contributed by atoms with Crippen LogP contribution in [0, 0.1) is 13.8 Å². The van der Waals surface area contributed by atoms with Crippen LogP contribution in [-0.2, 0) is 4.74 Å². The molecule has 92 valence electrons. The van der Waals surface area contributed by atoms with E-state index in [1.165, 1.54) is 0 Å². The lowest BCUT2D eigenvalue weighted by Crippen LogP contribution is -2.04. The third kappa shape index (κ3) is 2.63. The van der Waals surface area contributed by atoms with Gasteiger partial charge in [0.15, 0.2) is 11.3 Å². The Morgan fingerprint density at radius 2 is 2.06 bits per heavy atom. The molecule has 2 rings (SSSR count). The lowest BCUT2D eigenvalue weighted by Gasteiger charge is -1.97. The first-order valence-electron chi connectivity index (χ1n) is 5.12. The molecule has 0 aromatic carbocycles. The third-order valence-electron chi connectivity index (χ3n) is 2.21. The maximum absolute atomic E-state index is 11.5. The van der Waals surface area contributed by atoms with Crippen LogP contribution < -0.4 is 0 Å². The first-order chi connectivity index (χ1) is 7.61. The van der Waals surface area contributed by atoms with Crippen LogP contribution in [0.1, 0.15) is 28.8 Å². The second kappa shape index (κ2) is 5.27. The summed E-state index contributed by atoms with van der Waals surface area (Å²) in [5.74, 6) is -0.400. The zero-order valence-corrected chi connectivity index (χ0v) is 11.6. The summed E-state index contributed by atoms with van der Waals surface area (Å²) in [4.78, 5) is 20.0. The van der Waals surface area contributed by atoms with Crippen LogP contribution >= 0.6 is 17.0 Å². The van der Waals surface area contributed by atoms with Crippen LogP contribution in [0.4, 0.5) is 0 Å². The second-order valence-electron chi connectivity index (χ2n) is 3.55. The number of aromatic nitrogens is 3. The molecule has 0 spiro atoms. The summed E-state index contributed by atoms with van der Waals surface area (Å²) in [5.41, 5.74) is 2.69. The highest BCUT2D eigenvalue weighted by Crippen LogP contribution is 2.10. The number of ether oxygens (including phenoxy) is 1. The molecule has 0 unspecified atom stereocenters. The fourth-order valence-electron chi connectivity index (χ4n) is 1.61. The Labute approximate surface area is 110 Å². The Balaban J connectivity index is 0.00000144. The van der Waals surface area contributed by atoms with Crippen molar-refractivity contribution in [1.29, 1.82) is 0 Å². The molecular formula is C11H14BrN3O2. The second-order valence-corrected chi connectivity index (χ2v) is 3.55. The highest BCUT2D eigenvalue weighted by Gasteiger charge is 2.13. The summed E-state index contributed by atoms with van der Waals surface area (Å²) in [6.45, 7) is 5.88. The molecule has 0 bridgehead atoms. The van der Waals surface area contributed by atoms with Crippen molar-refractivity contribution in [2.24, 2.45) is 0 Å². The maximum atomic E-state index is 11.5. The summed E-state index contributed by atoms with van der Waals surface area (Å²) in [6, 6.07) is 0. The van der Waals surface area contributed by atoms with Gasteiger partial charge < -0.3 is 9.14 Å². The minimum atomic E-state index is -0.400. The summed E-state index contributed by atoms with van der Waals surface area (Å²) in [5, 5.41) is 0. The fourth-order valence-corrected chi connectivity index (χ4v) is 1.61. The number of carbonyl (C=O) groups is 1. The van der Waals surface area contributed by atoms with Gasteiger partial charge in [-0.3, -0.25) is 4.98 Å². The van der Waals surface area contributed by atoms with E-state index in [2.05, 4.69) is 9.97 Å². The smallest absolute Gasteiger partial charge is 0.358 e. The molecule has 2 aromatic rings. The van der Waals surface area contributed by atoms with Crippen molar-refractivity contribution in [2.75, 3.05) is 6.61 Å². The molecule has 6 heteroatoms. The van der Waals surface area contributed by atoms with E-state index in [4.69, 9.17) is 4.74 Å². The number of imidazole rings is 1. The number of halogens is 1. The van der Waals surface area contributed by atoms with Gasteiger partial charge in [0.1, 0.15) is 0 Å². The Kier molecular flexibility index (Phi) is 4.22. The number of esters is 1. The van der Waals surface area contributed by atoms with E-state index in [1.54, 1.807) is 17.5 Å². The van der Waals surface area contributed by atoms with Gasteiger partial charge in [0, 0.05) is 12.4 Å². The van der Waals surface area contributed by atoms with Gasteiger partial charge in [-0.2, -0.15) is 0 Å². The van der Waals surface area contributed by atoms with Gasteiger partial charge in [-0.1, -0.05) is 0 Å². The molecule has 0 N–H and O–H groups in total. The summed E-state index contributed by atoms with van der Waals surface area (Å²) >= 11 is 0. The molecule has 0 saturated carbocycles. The van der Waals surface area contributed by atoms with Gasteiger partial charge in [0.25, 0.3) is 0 Å². The molecule has 2 heterocycles. The van der Waals surface area contributed by atoms with E-state index in [-0.39, 0.29) is 17.0 Å². The number of hydrogen-bond donors (Lipinski definition) is 0. The molecule has 0 amide bonds. The number of nitrogens with zero attached hydrogens (tertiary/aromatic N) is 3. The molecule has 0 aliphatic heterocycles. The topological polar surface area (TPSA) is 56.5 Å². The van der Waals surface area contributed by atoms with Crippen molar-refractivity contribution in [1.82, 2.24) is 14.4 Å². The number of carbonyl (C=O) groups excluding carboxylic acids is 1. The van der Waals surface area contributed by atoms with E-state index in [0.717, 1.165) is 11.4 Å². The van der Waals surface area contributed by atoms with Crippen molar-refractivity contribution in [3.63, 3.8) is 0 Å². The minimum Gasteiger partial charge on any atom is -0.461 e. The zero-order chi connectivity index (χ0) is 11.7. The zero-order valence-electron chi connectivity index (χ0n) is 9.93. The van der Waals surface area contributed by atoms with Gasteiger partial charge in [0.2, 0.25) is 0 Å². The number of aryl methyl sites for hydroxylation is 2. The number of fused-ring (bicyclic) bond motifs is 1. The number of hydrogen-bond acceptors (Lipinski definition) is 4. The monoisotopic (exact) mass is 299 g/mol. The highest BCUT2D eigenvalue weighted by atomic mass is 79.9. The van der Waals surface area contributed by atoms with Crippen molar-refractivity contribution in [3.8, 4) is 0 Å². The minimum absolute atomic E-state index is 0. The lowest BCUT2D eigenvalue weighted by molar-refractivity contribution is 0.0520. The van der Waals surface area contributed by atoms with E-state index < -0.39 is 5.97 Å². The van der Waals surface area contributed by atoms with Crippen molar-refractivity contribution >= 4 is 28.6 Å². The third-order valence-corrected chi connectivity index (χ3v) is 2.21. The molecule has 0 aliphatic carbocycles. The molecule has 5 nitrogen and oxygen atoms in total. The van der Waals surface area contributed by atoms with Gasteiger partial charge in [-0.05, 0) is 20.8 Å². The first kappa shape index (κ1) is 13.6. The van der Waals surface area contributed by atoms with Crippen LogP contribution in [0.15, 0.2) is 12.4 Å². The van der Waals surface area contributed by atoms with Crippen LogP contribution in [0.3, 0.4) is 0 Å². The predicted octanol–water partition coefficient (Wildman–Crippen LogP) is 2.10. The van der Waals surface area contributed by atoms with Crippen molar-refractivity contribution in [3.05, 3.63) is 29.5 Å². The van der Waals surface area contributed by atoms with Gasteiger partial charge >= 0.3 is 5.97 Å². The fraction of sp³-hybridized carbons (Fsp3) is 0.364.